The monoisotopic (exact) mass is 562 g/mol. The summed E-state index contributed by atoms with van der Waals surface area (Å²) >= 11 is 0. The number of phenolic OH excluding ortho intramolecular Hbond substituents is 1. The van der Waals surface area contributed by atoms with Crippen LogP contribution in [-0.2, 0) is 21.7 Å². The van der Waals surface area contributed by atoms with E-state index in [0.717, 1.165) is 22.3 Å². The SMILES string of the molecule is CC(C)(C)c1cc(C(=O)Oc2ccc(C(C)(C)c3ccc(C(C)(C)c4ccc(O)cc4)cc3)cc2)cc(C(C)(C)C)c1. The Bertz CT molecular complexity index is 1510. The van der Waals surface area contributed by atoms with Gasteiger partial charge in [0.1, 0.15) is 11.5 Å². The highest BCUT2D eigenvalue weighted by Gasteiger charge is 2.27. The van der Waals surface area contributed by atoms with Crippen molar-refractivity contribution in [2.75, 3.05) is 0 Å². The average molecular weight is 563 g/mol. The summed E-state index contributed by atoms with van der Waals surface area (Å²) in [4.78, 5) is 13.3. The molecule has 0 heterocycles. The van der Waals surface area contributed by atoms with Crippen LogP contribution in [-0.4, -0.2) is 11.1 Å². The highest BCUT2D eigenvalue weighted by Crippen LogP contribution is 2.37. The highest BCUT2D eigenvalue weighted by atomic mass is 16.5. The fraction of sp³-hybridized carbons (Fsp3) is 0.359. The van der Waals surface area contributed by atoms with Crippen molar-refractivity contribution in [3.63, 3.8) is 0 Å². The van der Waals surface area contributed by atoms with Crippen molar-refractivity contribution in [2.45, 2.75) is 90.9 Å². The molecule has 0 amide bonds. The van der Waals surface area contributed by atoms with Gasteiger partial charge in [0, 0.05) is 10.8 Å². The summed E-state index contributed by atoms with van der Waals surface area (Å²) in [5, 5.41) is 9.69. The molecule has 4 aromatic rings. The Morgan fingerprint density at radius 3 is 1.19 bits per heavy atom. The lowest BCUT2D eigenvalue weighted by Gasteiger charge is -2.29. The molecule has 0 unspecified atom stereocenters. The van der Waals surface area contributed by atoms with Gasteiger partial charge >= 0.3 is 5.97 Å². The van der Waals surface area contributed by atoms with E-state index in [9.17, 15) is 9.90 Å². The van der Waals surface area contributed by atoms with Crippen molar-refractivity contribution in [2.24, 2.45) is 0 Å². The number of hydrogen-bond acceptors (Lipinski definition) is 3. The lowest BCUT2D eigenvalue weighted by molar-refractivity contribution is 0.0734. The minimum Gasteiger partial charge on any atom is -0.508 e. The van der Waals surface area contributed by atoms with Crippen LogP contribution in [0.25, 0.3) is 0 Å². The molecule has 0 aliphatic heterocycles. The molecule has 3 nitrogen and oxygen atoms in total. The van der Waals surface area contributed by atoms with Gasteiger partial charge in [0.15, 0.2) is 0 Å². The van der Waals surface area contributed by atoms with Gasteiger partial charge in [0.25, 0.3) is 0 Å². The van der Waals surface area contributed by atoms with Crippen LogP contribution < -0.4 is 4.74 Å². The second kappa shape index (κ2) is 11.1. The Balaban J connectivity index is 1.53. The molecule has 0 radical (unpaired) electrons. The van der Waals surface area contributed by atoms with Crippen LogP contribution >= 0.6 is 0 Å². The molecular weight excluding hydrogens is 516 g/mol. The maximum absolute atomic E-state index is 13.3. The van der Waals surface area contributed by atoms with E-state index < -0.39 is 0 Å². The number of ether oxygens (including phenoxy) is 1. The summed E-state index contributed by atoms with van der Waals surface area (Å²) in [7, 11) is 0. The largest absolute Gasteiger partial charge is 0.508 e. The number of benzene rings is 4. The Hall–Kier alpha value is -3.85. The molecule has 0 spiro atoms. The van der Waals surface area contributed by atoms with Gasteiger partial charge < -0.3 is 9.84 Å². The Morgan fingerprint density at radius 1 is 0.500 bits per heavy atom. The number of esters is 1. The fourth-order valence-electron chi connectivity index (χ4n) is 5.23. The highest BCUT2D eigenvalue weighted by molar-refractivity contribution is 5.91. The Kier molecular flexibility index (Phi) is 8.21. The molecule has 0 bridgehead atoms. The lowest BCUT2D eigenvalue weighted by atomic mass is 9.74. The van der Waals surface area contributed by atoms with Crippen molar-refractivity contribution < 1.29 is 14.6 Å². The minimum absolute atomic E-state index is 0.0804. The predicted molar refractivity (Wildman–Crippen MR) is 174 cm³/mol. The van der Waals surface area contributed by atoms with Gasteiger partial charge in [-0.3, -0.25) is 0 Å². The summed E-state index contributed by atoms with van der Waals surface area (Å²) in [6.07, 6.45) is 0. The zero-order valence-corrected chi connectivity index (χ0v) is 26.9. The molecule has 42 heavy (non-hydrogen) atoms. The third-order valence-corrected chi connectivity index (χ3v) is 8.60. The molecule has 0 saturated heterocycles. The van der Waals surface area contributed by atoms with Crippen LogP contribution in [0.15, 0.2) is 91.0 Å². The maximum Gasteiger partial charge on any atom is 0.343 e. The number of phenols is 1. The summed E-state index contributed by atoms with van der Waals surface area (Å²) < 4.78 is 5.86. The quantitative estimate of drug-likeness (QED) is 0.188. The number of carbonyl (C=O) groups is 1. The second-order valence-electron chi connectivity index (χ2n) is 14.6. The molecule has 220 valence electrons. The topological polar surface area (TPSA) is 46.5 Å². The van der Waals surface area contributed by atoms with Crippen molar-refractivity contribution in [3.05, 3.63) is 130 Å². The fourth-order valence-corrected chi connectivity index (χ4v) is 5.23. The van der Waals surface area contributed by atoms with Crippen LogP contribution in [0.2, 0.25) is 0 Å². The average Bonchev–Trinajstić information content (AvgIpc) is 2.92. The molecule has 0 aliphatic rings. The summed E-state index contributed by atoms with van der Waals surface area (Å²) in [5.74, 6) is 0.464. The lowest BCUT2D eigenvalue weighted by Crippen LogP contribution is -2.21. The van der Waals surface area contributed by atoms with Gasteiger partial charge in [-0.05, 0) is 80.6 Å². The standard InChI is InChI=1S/C39H46O3/c1-36(2,3)31-23-26(24-32(25-31)37(4,5)6)35(41)42-34-21-17-30(18-22-34)39(9,10)28-13-11-27(12-14-28)38(7,8)29-15-19-33(40)20-16-29/h11-25,40H,1-10H3. The van der Waals surface area contributed by atoms with E-state index in [0.29, 0.717) is 11.3 Å². The normalized spacial score (nSPS) is 12.7. The van der Waals surface area contributed by atoms with Crippen LogP contribution in [0, 0.1) is 0 Å². The van der Waals surface area contributed by atoms with Crippen molar-refractivity contribution in [1.82, 2.24) is 0 Å². The molecule has 4 rings (SSSR count). The van der Waals surface area contributed by atoms with Gasteiger partial charge in [0.2, 0.25) is 0 Å². The number of hydrogen-bond donors (Lipinski definition) is 1. The zero-order valence-electron chi connectivity index (χ0n) is 26.9. The summed E-state index contributed by atoms with van der Waals surface area (Å²) in [6.45, 7) is 21.8. The molecular formula is C39H46O3. The van der Waals surface area contributed by atoms with Gasteiger partial charge in [0.05, 0.1) is 5.56 Å². The van der Waals surface area contributed by atoms with E-state index in [-0.39, 0.29) is 33.4 Å². The molecule has 0 aliphatic carbocycles. The van der Waals surface area contributed by atoms with E-state index in [1.807, 2.05) is 48.5 Å². The predicted octanol–water partition coefficient (Wildman–Crippen LogP) is 9.86. The Labute approximate surface area is 252 Å². The summed E-state index contributed by atoms with van der Waals surface area (Å²) in [6, 6.07) is 30.2. The molecule has 0 fully saturated rings. The Morgan fingerprint density at radius 2 is 0.833 bits per heavy atom. The van der Waals surface area contributed by atoms with Crippen LogP contribution in [0.1, 0.15) is 113 Å². The maximum atomic E-state index is 13.3. The van der Waals surface area contributed by atoms with Crippen molar-refractivity contribution in [1.29, 1.82) is 0 Å². The van der Waals surface area contributed by atoms with E-state index in [1.165, 1.54) is 11.1 Å². The molecule has 0 aromatic heterocycles. The first-order chi connectivity index (χ1) is 19.4. The first-order valence-electron chi connectivity index (χ1n) is 14.8. The van der Waals surface area contributed by atoms with E-state index >= 15 is 0 Å². The number of aromatic hydroxyl groups is 1. The van der Waals surface area contributed by atoms with Gasteiger partial charge in [-0.1, -0.05) is 124 Å². The van der Waals surface area contributed by atoms with E-state index in [1.54, 1.807) is 12.1 Å². The zero-order chi connectivity index (χ0) is 31.1. The molecule has 0 saturated carbocycles. The third kappa shape index (κ3) is 6.62. The molecule has 3 heteroatoms. The van der Waals surface area contributed by atoms with Crippen molar-refractivity contribution >= 4 is 5.97 Å². The smallest absolute Gasteiger partial charge is 0.343 e. The third-order valence-electron chi connectivity index (χ3n) is 8.60. The van der Waals surface area contributed by atoms with Crippen LogP contribution in [0.5, 0.6) is 11.5 Å². The van der Waals surface area contributed by atoms with E-state index in [2.05, 4.69) is 99.6 Å². The molecule has 0 atom stereocenters. The minimum atomic E-state index is -0.342. The summed E-state index contributed by atoms with van der Waals surface area (Å²) in [5.41, 5.74) is 6.92. The van der Waals surface area contributed by atoms with E-state index in [4.69, 9.17) is 4.74 Å². The van der Waals surface area contributed by atoms with Crippen LogP contribution in [0.4, 0.5) is 0 Å². The second-order valence-corrected chi connectivity index (χ2v) is 14.6. The van der Waals surface area contributed by atoms with Gasteiger partial charge in [-0.25, -0.2) is 4.79 Å². The molecule has 1 N–H and O–H groups in total. The van der Waals surface area contributed by atoms with Crippen molar-refractivity contribution in [3.8, 4) is 11.5 Å². The first kappa shape index (κ1) is 31.1. The number of rotatable bonds is 6. The van der Waals surface area contributed by atoms with Gasteiger partial charge in [-0.15, -0.1) is 0 Å². The van der Waals surface area contributed by atoms with Crippen LogP contribution in [0.3, 0.4) is 0 Å². The number of carbonyl (C=O) groups excluding carboxylic acids is 1. The molecule has 4 aromatic carbocycles. The first-order valence-corrected chi connectivity index (χ1v) is 14.8. The van der Waals surface area contributed by atoms with Gasteiger partial charge in [-0.2, -0.15) is 0 Å².